The molecule has 2 aromatic carbocycles. The molecule has 0 unspecified atom stereocenters. The highest BCUT2D eigenvalue weighted by molar-refractivity contribution is 5.66. The molecule has 0 saturated heterocycles. The standard InChI is InChI=1S/C13H13N.C4H8O2/c14-13(11-7-3-1-4-8-11)12-9-5-2-6-10-12;1-2-3-4(5)6/h1-10,13H,14H2;2-3H2,1H3,(H,5,6). The molecule has 3 nitrogen and oxygen atoms in total. The molecule has 0 heterocycles. The van der Waals surface area contributed by atoms with Gasteiger partial charge in [-0.3, -0.25) is 4.79 Å². The average Bonchev–Trinajstić information content (AvgIpc) is 2.49. The Hall–Kier alpha value is -2.13. The van der Waals surface area contributed by atoms with Gasteiger partial charge < -0.3 is 10.8 Å². The van der Waals surface area contributed by atoms with Crippen molar-refractivity contribution < 1.29 is 9.90 Å². The molecule has 0 aliphatic rings. The molecule has 3 N–H and O–H groups in total. The van der Waals surface area contributed by atoms with Gasteiger partial charge in [0.15, 0.2) is 0 Å². The van der Waals surface area contributed by atoms with Crippen LogP contribution in [0.2, 0.25) is 0 Å². The largest absolute Gasteiger partial charge is 0.481 e. The summed E-state index contributed by atoms with van der Waals surface area (Å²) in [6.45, 7) is 1.84. The maximum atomic E-state index is 9.60. The predicted octanol–water partition coefficient (Wildman–Crippen LogP) is 3.61. The Labute approximate surface area is 120 Å². The van der Waals surface area contributed by atoms with E-state index < -0.39 is 5.97 Å². The van der Waals surface area contributed by atoms with Crippen LogP contribution in [0.1, 0.15) is 36.9 Å². The van der Waals surface area contributed by atoms with Crippen LogP contribution in [0.3, 0.4) is 0 Å². The van der Waals surface area contributed by atoms with E-state index >= 15 is 0 Å². The van der Waals surface area contributed by atoms with Crippen LogP contribution < -0.4 is 5.73 Å². The van der Waals surface area contributed by atoms with Gasteiger partial charge in [-0.05, 0) is 17.5 Å². The maximum absolute atomic E-state index is 9.60. The van der Waals surface area contributed by atoms with Crippen LogP contribution in [-0.2, 0) is 4.79 Å². The molecule has 0 spiro atoms. The van der Waals surface area contributed by atoms with Gasteiger partial charge in [0, 0.05) is 6.42 Å². The van der Waals surface area contributed by atoms with E-state index in [0.717, 1.165) is 17.5 Å². The summed E-state index contributed by atoms with van der Waals surface area (Å²) in [5.74, 6) is -0.711. The highest BCUT2D eigenvalue weighted by Crippen LogP contribution is 2.18. The average molecular weight is 271 g/mol. The molecule has 3 heteroatoms. The third kappa shape index (κ3) is 5.67. The molecule has 0 aromatic heterocycles. The van der Waals surface area contributed by atoms with Crippen molar-refractivity contribution in [2.24, 2.45) is 5.73 Å². The summed E-state index contributed by atoms with van der Waals surface area (Å²) in [7, 11) is 0. The molecule has 0 fully saturated rings. The number of aliphatic carboxylic acids is 1. The van der Waals surface area contributed by atoms with Crippen molar-refractivity contribution in [3.63, 3.8) is 0 Å². The fourth-order valence-electron chi connectivity index (χ4n) is 1.73. The summed E-state index contributed by atoms with van der Waals surface area (Å²) >= 11 is 0. The first-order valence-electron chi connectivity index (χ1n) is 6.72. The van der Waals surface area contributed by atoms with E-state index in [-0.39, 0.29) is 6.04 Å². The number of nitrogens with two attached hydrogens (primary N) is 1. The van der Waals surface area contributed by atoms with E-state index in [9.17, 15) is 4.79 Å². The summed E-state index contributed by atoms with van der Waals surface area (Å²) in [6.07, 6.45) is 1.02. The predicted molar refractivity (Wildman–Crippen MR) is 81.5 cm³/mol. The third-order valence-corrected chi connectivity index (χ3v) is 2.78. The molecular formula is C17H21NO2. The molecule has 2 aromatic rings. The van der Waals surface area contributed by atoms with Crippen molar-refractivity contribution in [2.45, 2.75) is 25.8 Å². The molecule has 106 valence electrons. The summed E-state index contributed by atoms with van der Waals surface area (Å²) in [6, 6.07) is 20.2. The first-order valence-corrected chi connectivity index (χ1v) is 6.72. The van der Waals surface area contributed by atoms with Gasteiger partial charge in [-0.15, -0.1) is 0 Å². The van der Waals surface area contributed by atoms with Gasteiger partial charge in [-0.2, -0.15) is 0 Å². The molecular weight excluding hydrogens is 250 g/mol. The van der Waals surface area contributed by atoms with Crippen LogP contribution in [-0.4, -0.2) is 11.1 Å². The molecule has 0 bridgehead atoms. The van der Waals surface area contributed by atoms with Gasteiger partial charge in [0.05, 0.1) is 6.04 Å². The summed E-state index contributed by atoms with van der Waals surface area (Å²) < 4.78 is 0. The van der Waals surface area contributed by atoms with Gasteiger partial charge in [-0.1, -0.05) is 67.6 Å². The Morgan fingerprint density at radius 3 is 1.65 bits per heavy atom. The number of rotatable bonds is 4. The van der Waals surface area contributed by atoms with E-state index in [1.807, 2.05) is 43.3 Å². The zero-order valence-corrected chi connectivity index (χ0v) is 11.7. The van der Waals surface area contributed by atoms with E-state index in [2.05, 4.69) is 24.3 Å². The second-order valence-corrected chi connectivity index (χ2v) is 4.44. The Morgan fingerprint density at radius 2 is 1.40 bits per heavy atom. The van der Waals surface area contributed by atoms with E-state index in [4.69, 9.17) is 10.8 Å². The second kappa shape index (κ2) is 8.88. The molecule has 20 heavy (non-hydrogen) atoms. The van der Waals surface area contributed by atoms with Crippen molar-refractivity contribution >= 4 is 5.97 Å². The van der Waals surface area contributed by atoms with Crippen LogP contribution in [0.5, 0.6) is 0 Å². The normalized spacial score (nSPS) is 9.75. The molecule has 0 radical (unpaired) electrons. The lowest BCUT2D eigenvalue weighted by atomic mass is 10.00. The van der Waals surface area contributed by atoms with E-state index in [0.29, 0.717) is 6.42 Å². The van der Waals surface area contributed by atoms with Crippen LogP contribution >= 0.6 is 0 Å². The zero-order valence-electron chi connectivity index (χ0n) is 11.7. The van der Waals surface area contributed by atoms with Gasteiger partial charge in [-0.25, -0.2) is 0 Å². The van der Waals surface area contributed by atoms with E-state index in [1.165, 1.54) is 0 Å². The number of carbonyl (C=O) groups is 1. The molecule has 0 amide bonds. The maximum Gasteiger partial charge on any atom is 0.303 e. The van der Waals surface area contributed by atoms with Gasteiger partial charge in [0.1, 0.15) is 0 Å². The number of carboxylic acids is 1. The molecule has 0 atom stereocenters. The van der Waals surface area contributed by atoms with Crippen molar-refractivity contribution in [1.82, 2.24) is 0 Å². The summed E-state index contributed by atoms with van der Waals surface area (Å²) in [4.78, 5) is 9.60. The summed E-state index contributed by atoms with van der Waals surface area (Å²) in [5.41, 5.74) is 8.42. The minimum absolute atomic E-state index is 0.0163. The lowest BCUT2D eigenvalue weighted by Crippen LogP contribution is -2.11. The molecule has 0 saturated carbocycles. The van der Waals surface area contributed by atoms with Gasteiger partial charge >= 0.3 is 5.97 Å². The minimum Gasteiger partial charge on any atom is -0.481 e. The Balaban J connectivity index is 0.000000286. The second-order valence-electron chi connectivity index (χ2n) is 4.44. The SMILES string of the molecule is CCCC(=O)O.NC(c1ccccc1)c1ccccc1. The van der Waals surface area contributed by atoms with Crippen LogP contribution in [0.25, 0.3) is 0 Å². The Kier molecular flexibility index (Phi) is 7.07. The number of hydrogen-bond donors (Lipinski definition) is 2. The molecule has 0 aliphatic carbocycles. The Bertz CT molecular complexity index is 457. The third-order valence-electron chi connectivity index (χ3n) is 2.78. The number of benzene rings is 2. The first-order chi connectivity index (χ1) is 9.65. The first kappa shape index (κ1) is 15.9. The van der Waals surface area contributed by atoms with Crippen LogP contribution in [0, 0.1) is 0 Å². The zero-order chi connectivity index (χ0) is 14.8. The van der Waals surface area contributed by atoms with Crippen LogP contribution in [0.4, 0.5) is 0 Å². The van der Waals surface area contributed by atoms with Crippen molar-refractivity contribution in [3.05, 3.63) is 71.8 Å². The van der Waals surface area contributed by atoms with E-state index in [1.54, 1.807) is 0 Å². The fourth-order valence-corrected chi connectivity index (χ4v) is 1.73. The number of hydrogen-bond acceptors (Lipinski definition) is 2. The molecule has 0 aliphatic heterocycles. The lowest BCUT2D eigenvalue weighted by molar-refractivity contribution is -0.137. The highest BCUT2D eigenvalue weighted by atomic mass is 16.4. The van der Waals surface area contributed by atoms with Crippen LogP contribution in [0.15, 0.2) is 60.7 Å². The molecule has 2 rings (SSSR count). The summed E-state index contributed by atoms with van der Waals surface area (Å²) in [5, 5.41) is 7.91. The van der Waals surface area contributed by atoms with Crippen molar-refractivity contribution in [3.8, 4) is 0 Å². The topological polar surface area (TPSA) is 63.3 Å². The fraction of sp³-hybridized carbons (Fsp3) is 0.235. The lowest BCUT2D eigenvalue weighted by Gasteiger charge is -2.11. The quantitative estimate of drug-likeness (QED) is 0.893. The van der Waals surface area contributed by atoms with Gasteiger partial charge in [0.2, 0.25) is 0 Å². The highest BCUT2D eigenvalue weighted by Gasteiger charge is 2.06. The monoisotopic (exact) mass is 271 g/mol. The minimum atomic E-state index is -0.711. The van der Waals surface area contributed by atoms with Crippen molar-refractivity contribution in [1.29, 1.82) is 0 Å². The smallest absolute Gasteiger partial charge is 0.303 e. The number of carboxylic acid groups (broad SMARTS) is 1. The van der Waals surface area contributed by atoms with Gasteiger partial charge in [0.25, 0.3) is 0 Å². The Morgan fingerprint density at radius 1 is 1.00 bits per heavy atom. The van der Waals surface area contributed by atoms with Crippen molar-refractivity contribution in [2.75, 3.05) is 0 Å².